The Hall–Kier alpha value is -6.20. The third-order valence-corrected chi connectivity index (χ3v) is 15.9. The van der Waals surface area contributed by atoms with Crippen LogP contribution < -0.4 is 10.2 Å². The van der Waals surface area contributed by atoms with Crippen molar-refractivity contribution in [3.8, 4) is 11.1 Å². The molecular formula is C55H67N7O8Si. The highest BCUT2D eigenvalue weighted by Crippen LogP contribution is 2.37. The molecule has 0 aliphatic carbocycles. The molecule has 3 aromatic carbocycles. The van der Waals surface area contributed by atoms with Crippen LogP contribution >= 0.6 is 0 Å². The predicted octanol–water partition coefficient (Wildman–Crippen LogP) is 9.48. The molecule has 0 spiro atoms. The lowest BCUT2D eigenvalue weighted by Crippen LogP contribution is -2.55. The zero-order chi connectivity index (χ0) is 50.2. The Balaban J connectivity index is 0.764. The first-order valence-electron chi connectivity index (χ1n) is 25.1. The zero-order valence-electron chi connectivity index (χ0n) is 42.2. The summed E-state index contributed by atoms with van der Waals surface area (Å²) in [4.78, 5) is 79.2. The Labute approximate surface area is 417 Å². The van der Waals surface area contributed by atoms with E-state index in [2.05, 4.69) is 71.1 Å². The van der Waals surface area contributed by atoms with E-state index in [1.165, 1.54) is 4.90 Å². The Morgan fingerprint density at radius 3 is 2.28 bits per heavy atom. The molecule has 4 aliphatic rings. The van der Waals surface area contributed by atoms with Gasteiger partial charge in [-0.25, -0.2) is 14.3 Å². The van der Waals surface area contributed by atoms with Gasteiger partial charge in [0.05, 0.1) is 24.3 Å². The van der Waals surface area contributed by atoms with Crippen LogP contribution in [0.5, 0.6) is 0 Å². The SMILES string of the molecule is CN1CCC[C@@H]1c1cc2cnc(NC(=O)c3ccc(N4CCC(OCc5ccc(-c6cccc7c6CN(C6CCC(=O)N(COCC[Si](C)(C)C)C6=O)C7=O)cc5)CC4)cc3)cc2n1C(=O)OC(C)(C)C. The molecule has 1 unspecified atom stereocenters. The van der Waals surface area contributed by atoms with Gasteiger partial charge in [0, 0.05) is 80.9 Å². The van der Waals surface area contributed by atoms with Gasteiger partial charge in [0.1, 0.15) is 24.2 Å². The summed E-state index contributed by atoms with van der Waals surface area (Å²) in [7, 11) is 0.736. The number of rotatable bonds is 14. The van der Waals surface area contributed by atoms with E-state index >= 15 is 0 Å². The fraction of sp³-hybridized carbons (Fsp3) is 0.455. The monoisotopic (exact) mass is 981 g/mol. The molecule has 71 heavy (non-hydrogen) atoms. The van der Waals surface area contributed by atoms with Gasteiger partial charge in [0.15, 0.2) is 0 Å². The molecule has 9 rings (SSSR count). The van der Waals surface area contributed by atoms with Gasteiger partial charge in [-0.2, -0.15) is 0 Å². The third kappa shape index (κ3) is 11.2. The summed E-state index contributed by atoms with van der Waals surface area (Å²) in [6.07, 6.45) is 5.54. The standard InChI is InChI=1S/C55H67N7O8Si/c1-55(2,3)70-54(67)62-47-31-49(56-32-39(47)30-48(62)45-12-9-25-58(45)4)57-51(64)38-17-19-40(20-18-38)59-26-23-41(24-27-59)69-34-36-13-15-37(16-14-36)42-10-8-11-43-44(42)33-60(52(43)65)46-21-22-50(63)61(53(46)66)35-68-28-29-71(5,6)7/h8,10-11,13-20,30-32,41,45-46H,9,12,21-29,33-35H2,1-7H3,(H,56,57,64)/t45-,46?/m1/s1. The number of benzene rings is 3. The molecule has 4 aliphatic heterocycles. The summed E-state index contributed by atoms with van der Waals surface area (Å²) >= 11 is 0. The number of piperidine rings is 2. The molecule has 0 saturated carbocycles. The molecule has 6 heterocycles. The van der Waals surface area contributed by atoms with Crippen LogP contribution in [0.4, 0.5) is 16.3 Å². The molecule has 0 bridgehead atoms. The minimum Gasteiger partial charge on any atom is -0.443 e. The molecule has 4 amide bonds. The van der Waals surface area contributed by atoms with Gasteiger partial charge in [-0.1, -0.05) is 56.0 Å². The summed E-state index contributed by atoms with van der Waals surface area (Å²) in [6.45, 7) is 16.1. The maximum Gasteiger partial charge on any atom is 0.419 e. The first-order chi connectivity index (χ1) is 33.9. The van der Waals surface area contributed by atoms with Crippen LogP contribution in [0.3, 0.4) is 0 Å². The fourth-order valence-electron chi connectivity index (χ4n) is 10.2. The average molecular weight is 982 g/mol. The zero-order valence-corrected chi connectivity index (χ0v) is 43.2. The van der Waals surface area contributed by atoms with Gasteiger partial charge in [-0.05, 0) is 131 Å². The molecule has 5 aromatic rings. The van der Waals surface area contributed by atoms with Crippen LogP contribution in [0.15, 0.2) is 85.1 Å². The number of carbonyl (C=O) groups is 5. The number of imide groups is 1. The second-order valence-electron chi connectivity index (χ2n) is 21.7. The number of fused-ring (bicyclic) bond motifs is 2. The number of hydrogen-bond acceptors (Lipinski definition) is 11. The van der Waals surface area contributed by atoms with Gasteiger partial charge >= 0.3 is 6.09 Å². The summed E-state index contributed by atoms with van der Waals surface area (Å²) in [6, 6.07) is 25.6. The fourth-order valence-corrected chi connectivity index (χ4v) is 10.9. The number of aromatic nitrogens is 2. The number of amides is 4. The predicted molar refractivity (Wildman–Crippen MR) is 276 cm³/mol. The van der Waals surface area contributed by atoms with Crippen LogP contribution in [0.25, 0.3) is 22.0 Å². The number of carbonyl (C=O) groups excluding carboxylic acids is 5. The summed E-state index contributed by atoms with van der Waals surface area (Å²) in [5.74, 6) is -0.766. The molecule has 3 fully saturated rings. The van der Waals surface area contributed by atoms with Crippen molar-refractivity contribution < 1.29 is 38.2 Å². The maximum atomic E-state index is 13.8. The minimum atomic E-state index is -1.33. The molecule has 16 heteroatoms. The van der Waals surface area contributed by atoms with E-state index in [1.807, 2.05) is 69.3 Å². The highest BCUT2D eigenvalue weighted by molar-refractivity contribution is 6.76. The van der Waals surface area contributed by atoms with Crippen LogP contribution in [-0.4, -0.2) is 120 Å². The lowest BCUT2D eigenvalue weighted by molar-refractivity contribution is -0.158. The largest absolute Gasteiger partial charge is 0.443 e. The molecule has 2 atom stereocenters. The van der Waals surface area contributed by atoms with Crippen LogP contribution in [-0.2, 0) is 37.0 Å². The van der Waals surface area contributed by atoms with Crippen molar-refractivity contribution in [1.82, 2.24) is 24.3 Å². The van der Waals surface area contributed by atoms with Crippen molar-refractivity contribution >= 4 is 60.2 Å². The van der Waals surface area contributed by atoms with E-state index in [4.69, 9.17) is 14.2 Å². The normalized spacial score (nSPS) is 19.3. The smallest absolute Gasteiger partial charge is 0.419 e. The van der Waals surface area contributed by atoms with Crippen molar-refractivity contribution in [2.75, 3.05) is 50.2 Å². The maximum absolute atomic E-state index is 13.8. The Morgan fingerprint density at radius 2 is 1.59 bits per heavy atom. The number of nitrogens with one attached hydrogen (secondary N) is 1. The third-order valence-electron chi connectivity index (χ3n) is 14.2. The first kappa shape index (κ1) is 49.8. The number of pyridine rings is 1. The number of anilines is 2. The van der Waals surface area contributed by atoms with E-state index in [1.54, 1.807) is 21.7 Å². The quantitative estimate of drug-likeness (QED) is 0.0643. The summed E-state index contributed by atoms with van der Waals surface area (Å²) in [5, 5.41) is 3.74. The van der Waals surface area contributed by atoms with E-state index in [-0.39, 0.29) is 48.9 Å². The highest BCUT2D eigenvalue weighted by atomic mass is 28.3. The number of nitrogens with zero attached hydrogens (tertiary/aromatic N) is 6. The molecule has 2 aromatic heterocycles. The van der Waals surface area contributed by atoms with Crippen molar-refractivity contribution in [3.05, 3.63) is 113 Å². The Kier molecular flexibility index (Phi) is 14.4. The Morgan fingerprint density at radius 1 is 0.859 bits per heavy atom. The lowest BCUT2D eigenvalue weighted by atomic mass is 9.96. The first-order valence-corrected chi connectivity index (χ1v) is 28.8. The number of hydrogen-bond donors (Lipinski definition) is 1. The van der Waals surface area contributed by atoms with E-state index in [9.17, 15) is 24.0 Å². The number of likely N-dealkylation sites (tertiary alicyclic amines) is 2. The van der Waals surface area contributed by atoms with Gasteiger partial charge in [0.2, 0.25) is 5.91 Å². The van der Waals surface area contributed by atoms with E-state index in [0.717, 1.165) is 90.4 Å². The summed E-state index contributed by atoms with van der Waals surface area (Å²) in [5.41, 5.74) is 6.79. The lowest BCUT2D eigenvalue weighted by Gasteiger charge is -2.35. The second-order valence-corrected chi connectivity index (χ2v) is 27.3. The van der Waals surface area contributed by atoms with Crippen molar-refractivity contribution in [2.24, 2.45) is 0 Å². The van der Waals surface area contributed by atoms with E-state index in [0.29, 0.717) is 48.6 Å². The molecule has 0 radical (unpaired) electrons. The molecule has 1 N–H and O–H groups in total. The van der Waals surface area contributed by atoms with Gasteiger partial charge < -0.3 is 29.3 Å². The molecular weight excluding hydrogens is 915 g/mol. The van der Waals surface area contributed by atoms with E-state index < -0.39 is 25.8 Å². The summed E-state index contributed by atoms with van der Waals surface area (Å²) < 4.78 is 19.7. The molecule has 3 saturated heterocycles. The van der Waals surface area contributed by atoms with Crippen molar-refractivity contribution in [2.45, 2.75) is 122 Å². The molecule has 374 valence electrons. The van der Waals surface area contributed by atoms with Gasteiger partial charge in [-0.3, -0.25) is 29.0 Å². The van der Waals surface area contributed by atoms with Gasteiger partial charge in [-0.15, -0.1) is 0 Å². The van der Waals surface area contributed by atoms with Crippen molar-refractivity contribution in [1.29, 1.82) is 0 Å². The Bertz CT molecular complexity index is 2810. The minimum absolute atomic E-state index is 0.0734. The highest BCUT2D eigenvalue weighted by Gasteiger charge is 2.43. The number of ether oxygens (including phenoxy) is 3. The van der Waals surface area contributed by atoms with Gasteiger partial charge in [0.25, 0.3) is 17.7 Å². The second kappa shape index (κ2) is 20.5. The van der Waals surface area contributed by atoms with Crippen LogP contribution in [0, 0.1) is 0 Å². The van der Waals surface area contributed by atoms with Crippen LogP contribution in [0.1, 0.15) is 103 Å². The topological polar surface area (TPSA) is 156 Å². The van der Waals surface area contributed by atoms with Crippen LogP contribution in [0.2, 0.25) is 25.7 Å². The average Bonchev–Trinajstić information content (AvgIpc) is 4.04. The molecule has 15 nitrogen and oxygen atoms in total. The van der Waals surface area contributed by atoms with Crippen molar-refractivity contribution in [3.63, 3.8) is 0 Å².